The van der Waals surface area contributed by atoms with Crippen LogP contribution >= 0.6 is 0 Å². The second-order valence-corrected chi connectivity index (χ2v) is 5.08. The third kappa shape index (κ3) is 3.01. The van der Waals surface area contributed by atoms with Gasteiger partial charge in [0.25, 0.3) is 5.91 Å². The lowest BCUT2D eigenvalue weighted by Crippen LogP contribution is -2.30. The molecule has 0 saturated heterocycles. The van der Waals surface area contributed by atoms with Crippen LogP contribution < -0.4 is 15.4 Å². The van der Waals surface area contributed by atoms with Gasteiger partial charge in [-0.05, 0) is 30.5 Å². The van der Waals surface area contributed by atoms with Crippen molar-refractivity contribution in [1.29, 1.82) is 0 Å². The van der Waals surface area contributed by atoms with E-state index >= 15 is 0 Å². The lowest BCUT2D eigenvalue weighted by atomic mass is 10.1. The van der Waals surface area contributed by atoms with Gasteiger partial charge in [0.2, 0.25) is 0 Å². The molecule has 1 heterocycles. The Labute approximate surface area is 108 Å². The number of nitrogens with one attached hydrogen (secondary N) is 2. The van der Waals surface area contributed by atoms with Crippen LogP contribution in [-0.4, -0.2) is 18.6 Å². The molecule has 98 valence electrons. The average molecular weight is 248 g/mol. The molecular weight excluding hydrogens is 228 g/mol. The molecule has 1 aliphatic rings. The molecular formula is C14H20N2O2. The van der Waals surface area contributed by atoms with Crippen molar-refractivity contribution in [1.82, 2.24) is 5.32 Å². The number of hydrogen-bond acceptors (Lipinski definition) is 3. The SMILES string of the molecule is CC(C)C(C)NCc1ccc2c(c1)NC(=O)CO2. The fourth-order valence-corrected chi connectivity index (χ4v) is 1.75. The summed E-state index contributed by atoms with van der Waals surface area (Å²) >= 11 is 0. The fourth-order valence-electron chi connectivity index (χ4n) is 1.75. The molecule has 0 saturated carbocycles. The van der Waals surface area contributed by atoms with Gasteiger partial charge < -0.3 is 15.4 Å². The molecule has 4 heteroatoms. The van der Waals surface area contributed by atoms with Gasteiger partial charge in [-0.1, -0.05) is 19.9 Å². The third-order valence-corrected chi connectivity index (χ3v) is 3.30. The molecule has 1 aliphatic heterocycles. The molecule has 0 fully saturated rings. The molecule has 1 aromatic carbocycles. The summed E-state index contributed by atoms with van der Waals surface area (Å²) in [5, 5.41) is 6.28. The van der Waals surface area contributed by atoms with Gasteiger partial charge in [0.05, 0.1) is 5.69 Å². The average Bonchev–Trinajstić information content (AvgIpc) is 2.35. The van der Waals surface area contributed by atoms with Gasteiger partial charge in [0.15, 0.2) is 6.61 Å². The monoisotopic (exact) mass is 248 g/mol. The molecule has 2 N–H and O–H groups in total. The smallest absolute Gasteiger partial charge is 0.262 e. The van der Waals surface area contributed by atoms with Crippen LogP contribution in [0.25, 0.3) is 0 Å². The van der Waals surface area contributed by atoms with Gasteiger partial charge >= 0.3 is 0 Å². The molecule has 18 heavy (non-hydrogen) atoms. The van der Waals surface area contributed by atoms with Gasteiger partial charge in [0, 0.05) is 12.6 Å². The standard InChI is InChI=1S/C14H20N2O2/c1-9(2)10(3)15-7-11-4-5-13-12(6-11)16-14(17)8-18-13/h4-6,9-10,15H,7-8H2,1-3H3,(H,16,17). The summed E-state index contributed by atoms with van der Waals surface area (Å²) in [6.07, 6.45) is 0. The summed E-state index contributed by atoms with van der Waals surface area (Å²) in [6.45, 7) is 7.46. The van der Waals surface area contributed by atoms with Crippen molar-refractivity contribution in [3.05, 3.63) is 23.8 Å². The zero-order chi connectivity index (χ0) is 13.1. The lowest BCUT2D eigenvalue weighted by Gasteiger charge is -2.20. The van der Waals surface area contributed by atoms with E-state index in [1.807, 2.05) is 18.2 Å². The number of hydrogen-bond donors (Lipinski definition) is 2. The van der Waals surface area contributed by atoms with Crippen LogP contribution in [0.2, 0.25) is 0 Å². The van der Waals surface area contributed by atoms with Gasteiger partial charge in [0.1, 0.15) is 5.75 Å². The first-order valence-electron chi connectivity index (χ1n) is 6.35. The summed E-state index contributed by atoms with van der Waals surface area (Å²) in [6, 6.07) is 6.36. The quantitative estimate of drug-likeness (QED) is 0.858. The number of benzene rings is 1. The third-order valence-electron chi connectivity index (χ3n) is 3.30. The maximum Gasteiger partial charge on any atom is 0.262 e. The summed E-state index contributed by atoms with van der Waals surface area (Å²) < 4.78 is 5.32. The summed E-state index contributed by atoms with van der Waals surface area (Å²) in [4.78, 5) is 11.2. The van der Waals surface area contributed by atoms with Crippen molar-refractivity contribution in [2.75, 3.05) is 11.9 Å². The molecule has 4 nitrogen and oxygen atoms in total. The van der Waals surface area contributed by atoms with E-state index in [4.69, 9.17) is 4.74 Å². The van der Waals surface area contributed by atoms with Gasteiger partial charge in [-0.15, -0.1) is 0 Å². The minimum absolute atomic E-state index is 0.0943. The number of anilines is 1. The van der Waals surface area contributed by atoms with Crippen molar-refractivity contribution in [3.63, 3.8) is 0 Å². The van der Waals surface area contributed by atoms with E-state index < -0.39 is 0 Å². The highest BCUT2D eigenvalue weighted by Crippen LogP contribution is 2.28. The normalized spacial score (nSPS) is 15.9. The Bertz CT molecular complexity index is 443. The summed E-state index contributed by atoms with van der Waals surface area (Å²) in [7, 11) is 0. The minimum Gasteiger partial charge on any atom is -0.482 e. The summed E-state index contributed by atoms with van der Waals surface area (Å²) in [5.74, 6) is 1.25. The topological polar surface area (TPSA) is 50.4 Å². The van der Waals surface area contributed by atoms with Gasteiger partial charge in [-0.2, -0.15) is 0 Å². The van der Waals surface area contributed by atoms with Crippen LogP contribution in [0.5, 0.6) is 5.75 Å². The molecule has 1 atom stereocenters. The van der Waals surface area contributed by atoms with E-state index in [0.29, 0.717) is 12.0 Å². The molecule has 0 bridgehead atoms. The van der Waals surface area contributed by atoms with E-state index in [2.05, 4.69) is 31.4 Å². The zero-order valence-electron chi connectivity index (χ0n) is 11.1. The fraction of sp³-hybridized carbons (Fsp3) is 0.500. The Morgan fingerprint density at radius 2 is 2.17 bits per heavy atom. The zero-order valence-corrected chi connectivity index (χ0v) is 11.1. The van der Waals surface area contributed by atoms with Crippen LogP contribution in [0.4, 0.5) is 5.69 Å². The maximum absolute atomic E-state index is 11.2. The molecule has 0 radical (unpaired) electrons. The Balaban J connectivity index is 2.02. The first-order valence-corrected chi connectivity index (χ1v) is 6.35. The summed E-state index contributed by atoms with van der Waals surface area (Å²) in [5.41, 5.74) is 1.91. The second-order valence-electron chi connectivity index (χ2n) is 5.08. The van der Waals surface area contributed by atoms with Crippen LogP contribution in [0.3, 0.4) is 0 Å². The highest BCUT2D eigenvalue weighted by molar-refractivity contribution is 5.95. The molecule has 1 unspecified atom stereocenters. The Kier molecular flexibility index (Phi) is 3.87. The second kappa shape index (κ2) is 5.40. The molecule has 0 aromatic heterocycles. The van der Waals surface area contributed by atoms with Crippen LogP contribution in [0.1, 0.15) is 26.3 Å². The molecule has 0 spiro atoms. The van der Waals surface area contributed by atoms with Crippen LogP contribution in [0, 0.1) is 5.92 Å². The number of fused-ring (bicyclic) bond motifs is 1. The van der Waals surface area contributed by atoms with Gasteiger partial charge in [-0.25, -0.2) is 0 Å². The molecule has 2 rings (SSSR count). The van der Waals surface area contributed by atoms with E-state index in [1.54, 1.807) is 0 Å². The van der Waals surface area contributed by atoms with Crippen LogP contribution in [0.15, 0.2) is 18.2 Å². The van der Waals surface area contributed by atoms with E-state index in [9.17, 15) is 4.79 Å². The largest absolute Gasteiger partial charge is 0.482 e. The first-order chi connectivity index (χ1) is 8.56. The van der Waals surface area contributed by atoms with E-state index in [1.165, 1.54) is 0 Å². The predicted octanol–water partition coefficient (Wildman–Crippen LogP) is 2.15. The highest BCUT2D eigenvalue weighted by Gasteiger charge is 2.16. The number of rotatable bonds is 4. The van der Waals surface area contributed by atoms with Crippen LogP contribution in [-0.2, 0) is 11.3 Å². The predicted molar refractivity (Wildman–Crippen MR) is 71.7 cm³/mol. The molecule has 1 amide bonds. The number of ether oxygens (including phenoxy) is 1. The minimum atomic E-state index is -0.0943. The van der Waals surface area contributed by atoms with Crippen molar-refractivity contribution in [2.45, 2.75) is 33.4 Å². The number of amides is 1. The van der Waals surface area contributed by atoms with Crippen molar-refractivity contribution in [2.24, 2.45) is 5.92 Å². The van der Waals surface area contributed by atoms with Crippen molar-refractivity contribution >= 4 is 11.6 Å². The number of carbonyl (C=O) groups excluding carboxylic acids is 1. The Hall–Kier alpha value is -1.55. The van der Waals surface area contributed by atoms with Crippen molar-refractivity contribution < 1.29 is 9.53 Å². The van der Waals surface area contributed by atoms with Gasteiger partial charge in [-0.3, -0.25) is 4.79 Å². The number of carbonyl (C=O) groups is 1. The van der Waals surface area contributed by atoms with E-state index in [0.717, 1.165) is 23.5 Å². The molecule has 0 aliphatic carbocycles. The Morgan fingerprint density at radius 3 is 2.89 bits per heavy atom. The van der Waals surface area contributed by atoms with Crippen molar-refractivity contribution in [3.8, 4) is 5.75 Å². The highest BCUT2D eigenvalue weighted by atomic mass is 16.5. The lowest BCUT2D eigenvalue weighted by molar-refractivity contribution is -0.118. The maximum atomic E-state index is 11.2. The Morgan fingerprint density at radius 1 is 1.39 bits per heavy atom. The molecule has 1 aromatic rings. The van der Waals surface area contributed by atoms with E-state index in [-0.39, 0.29) is 12.5 Å². The first kappa shape index (κ1) is 12.9.